The summed E-state index contributed by atoms with van der Waals surface area (Å²) in [5.74, 6) is 1.07. The Kier molecular flexibility index (Phi) is 7.77. The summed E-state index contributed by atoms with van der Waals surface area (Å²) < 4.78 is 35.7. The molecule has 0 saturated carbocycles. The maximum Gasteiger partial charge on any atom is 0.410 e. The van der Waals surface area contributed by atoms with Gasteiger partial charge in [0.05, 0.1) is 34.7 Å². The van der Waals surface area contributed by atoms with Gasteiger partial charge in [-0.15, -0.1) is 0 Å². The first-order valence-electron chi connectivity index (χ1n) is 11.1. The number of hydrogen-bond donors (Lipinski definition) is 0. The molecule has 7 nitrogen and oxygen atoms in total. The van der Waals surface area contributed by atoms with Gasteiger partial charge >= 0.3 is 6.09 Å². The first-order chi connectivity index (χ1) is 15.2. The minimum absolute atomic E-state index is 0.106. The number of ether oxygens (including phenoxy) is 2. The zero-order valence-electron chi connectivity index (χ0n) is 19.2. The van der Waals surface area contributed by atoms with E-state index in [9.17, 15) is 13.2 Å². The molecule has 0 spiro atoms. The van der Waals surface area contributed by atoms with Gasteiger partial charge in [0.2, 0.25) is 0 Å². The predicted molar refractivity (Wildman–Crippen MR) is 123 cm³/mol. The van der Waals surface area contributed by atoms with Crippen LogP contribution in [0.2, 0.25) is 0 Å². The largest absolute Gasteiger partial charge is 0.492 e. The van der Waals surface area contributed by atoms with Gasteiger partial charge in [-0.3, -0.25) is 4.98 Å². The molecule has 8 heteroatoms. The normalized spacial score (nSPS) is 15.2. The number of nitrogens with zero attached hydrogens (tertiary/aromatic N) is 2. The van der Waals surface area contributed by atoms with Crippen LogP contribution in [0.4, 0.5) is 4.79 Å². The summed E-state index contributed by atoms with van der Waals surface area (Å²) in [6, 6.07) is 10.5. The molecule has 1 aromatic carbocycles. The van der Waals surface area contributed by atoms with E-state index >= 15 is 0 Å². The number of piperidine rings is 1. The van der Waals surface area contributed by atoms with E-state index in [0.29, 0.717) is 36.3 Å². The molecular weight excluding hydrogens is 428 g/mol. The third-order valence-corrected chi connectivity index (χ3v) is 7.70. The van der Waals surface area contributed by atoms with Crippen molar-refractivity contribution in [2.45, 2.75) is 56.8 Å². The second kappa shape index (κ2) is 10.3. The number of carbonyl (C=O) groups excluding carboxylic acids is 1. The fourth-order valence-corrected chi connectivity index (χ4v) is 4.56. The molecule has 0 unspecified atom stereocenters. The standard InChI is InChI=1S/C24H32N2O5S/c1-17(2)31-24(27)26-13-11-19(12-14-26)16-30-21-7-10-23(25-15-21)20-5-8-22(9-6-20)32(28,29)18(3)4/h5-10,15,17-19H,11-14,16H2,1-4H3. The molecular formula is C24H32N2O5S. The van der Waals surface area contributed by atoms with E-state index in [0.717, 1.165) is 24.1 Å². The summed E-state index contributed by atoms with van der Waals surface area (Å²) in [6.45, 7) is 8.99. The van der Waals surface area contributed by atoms with Crippen LogP contribution in [0.3, 0.4) is 0 Å². The Balaban J connectivity index is 1.51. The van der Waals surface area contributed by atoms with E-state index in [4.69, 9.17) is 9.47 Å². The van der Waals surface area contributed by atoms with Crippen LogP contribution >= 0.6 is 0 Å². The predicted octanol–water partition coefficient (Wildman–Crippen LogP) is 4.57. The average Bonchev–Trinajstić information content (AvgIpc) is 2.78. The molecule has 1 aliphatic rings. The maximum absolute atomic E-state index is 12.3. The van der Waals surface area contributed by atoms with Gasteiger partial charge in [-0.25, -0.2) is 13.2 Å². The van der Waals surface area contributed by atoms with Crippen molar-refractivity contribution >= 4 is 15.9 Å². The Morgan fingerprint density at radius 3 is 2.25 bits per heavy atom. The van der Waals surface area contributed by atoms with Crippen molar-refractivity contribution in [3.05, 3.63) is 42.6 Å². The molecule has 1 amide bonds. The van der Waals surface area contributed by atoms with Crippen LogP contribution in [-0.4, -0.2) is 55.4 Å². The molecule has 3 rings (SSSR count). The molecule has 32 heavy (non-hydrogen) atoms. The topological polar surface area (TPSA) is 85.8 Å². The molecule has 0 aliphatic carbocycles. The number of aromatic nitrogens is 1. The van der Waals surface area contributed by atoms with Gasteiger partial charge in [0.15, 0.2) is 9.84 Å². The SMILES string of the molecule is CC(C)OC(=O)N1CCC(COc2ccc(-c3ccc(S(=O)(=O)C(C)C)cc3)nc2)CC1. The van der Waals surface area contributed by atoms with Gasteiger partial charge in [0, 0.05) is 18.7 Å². The van der Waals surface area contributed by atoms with Crippen LogP contribution in [-0.2, 0) is 14.6 Å². The fraction of sp³-hybridized carbons (Fsp3) is 0.500. The summed E-state index contributed by atoms with van der Waals surface area (Å²) in [6.07, 6.45) is 3.09. The van der Waals surface area contributed by atoms with E-state index in [-0.39, 0.29) is 12.2 Å². The van der Waals surface area contributed by atoms with Gasteiger partial charge in [-0.1, -0.05) is 12.1 Å². The smallest absolute Gasteiger partial charge is 0.410 e. The van der Waals surface area contributed by atoms with Gasteiger partial charge in [-0.05, 0) is 70.7 Å². The third-order valence-electron chi connectivity index (χ3n) is 5.53. The lowest BCUT2D eigenvalue weighted by molar-refractivity contribution is 0.0608. The average molecular weight is 461 g/mol. The molecule has 1 fully saturated rings. The van der Waals surface area contributed by atoms with Crippen LogP contribution in [0.1, 0.15) is 40.5 Å². The summed E-state index contributed by atoms with van der Waals surface area (Å²) >= 11 is 0. The first-order valence-corrected chi connectivity index (χ1v) is 12.6. The van der Waals surface area contributed by atoms with Gasteiger partial charge in [-0.2, -0.15) is 0 Å². The van der Waals surface area contributed by atoms with Crippen LogP contribution in [0.25, 0.3) is 11.3 Å². The van der Waals surface area contributed by atoms with Crippen molar-refractivity contribution < 1.29 is 22.7 Å². The molecule has 2 heterocycles. The highest BCUT2D eigenvalue weighted by Crippen LogP contribution is 2.24. The monoisotopic (exact) mass is 460 g/mol. The number of benzene rings is 1. The van der Waals surface area contributed by atoms with Gasteiger partial charge in [0.25, 0.3) is 0 Å². The maximum atomic E-state index is 12.3. The van der Waals surface area contributed by atoms with Crippen LogP contribution in [0.5, 0.6) is 5.75 Å². The highest BCUT2D eigenvalue weighted by Gasteiger charge is 2.24. The van der Waals surface area contributed by atoms with Crippen molar-refractivity contribution in [3.63, 3.8) is 0 Å². The second-order valence-corrected chi connectivity index (χ2v) is 11.2. The second-order valence-electron chi connectivity index (χ2n) is 8.67. The minimum atomic E-state index is -3.28. The Hall–Kier alpha value is -2.61. The quantitative estimate of drug-likeness (QED) is 0.602. The van der Waals surface area contributed by atoms with Crippen LogP contribution in [0, 0.1) is 5.92 Å². The van der Waals surface area contributed by atoms with E-state index in [2.05, 4.69) is 4.98 Å². The number of sulfone groups is 1. The number of pyridine rings is 1. The Morgan fingerprint density at radius 2 is 1.72 bits per heavy atom. The zero-order valence-corrected chi connectivity index (χ0v) is 20.0. The van der Waals surface area contributed by atoms with Crippen molar-refractivity contribution in [1.29, 1.82) is 0 Å². The Bertz CT molecular complexity index is 994. The first kappa shape index (κ1) is 24.0. The summed E-state index contributed by atoms with van der Waals surface area (Å²) in [5, 5.41) is -0.455. The third kappa shape index (κ3) is 6.00. The van der Waals surface area contributed by atoms with Crippen molar-refractivity contribution in [1.82, 2.24) is 9.88 Å². The lowest BCUT2D eigenvalue weighted by atomic mass is 9.98. The van der Waals surface area contributed by atoms with Crippen molar-refractivity contribution in [3.8, 4) is 17.0 Å². The molecule has 0 N–H and O–H groups in total. The minimum Gasteiger partial charge on any atom is -0.492 e. The van der Waals surface area contributed by atoms with Gasteiger partial charge in [0.1, 0.15) is 5.75 Å². The number of hydrogen-bond acceptors (Lipinski definition) is 6. The van der Waals surface area contributed by atoms with Gasteiger partial charge < -0.3 is 14.4 Å². The highest BCUT2D eigenvalue weighted by molar-refractivity contribution is 7.92. The fourth-order valence-electron chi connectivity index (χ4n) is 3.50. The number of likely N-dealkylation sites (tertiary alicyclic amines) is 1. The van der Waals surface area contributed by atoms with E-state index in [1.165, 1.54) is 0 Å². The molecule has 2 aromatic rings. The molecule has 0 radical (unpaired) electrons. The van der Waals surface area contributed by atoms with E-state index in [1.807, 2.05) is 26.0 Å². The molecule has 1 aromatic heterocycles. The van der Waals surface area contributed by atoms with E-state index < -0.39 is 15.1 Å². The Labute approximate surface area is 190 Å². The van der Waals surface area contributed by atoms with Crippen LogP contribution in [0.15, 0.2) is 47.5 Å². The Morgan fingerprint density at radius 1 is 1.06 bits per heavy atom. The van der Waals surface area contributed by atoms with Crippen LogP contribution < -0.4 is 4.74 Å². The zero-order chi connectivity index (χ0) is 23.3. The molecule has 1 saturated heterocycles. The highest BCUT2D eigenvalue weighted by atomic mass is 32.2. The van der Waals surface area contributed by atoms with E-state index in [1.54, 1.807) is 49.2 Å². The summed E-state index contributed by atoms with van der Waals surface area (Å²) in [4.78, 5) is 18.5. The molecule has 174 valence electrons. The van der Waals surface area contributed by atoms with Crippen molar-refractivity contribution in [2.75, 3.05) is 19.7 Å². The lowest BCUT2D eigenvalue weighted by Crippen LogP contribution is -2.40. The lowest BCUT2D eigenvalue weighted by Gasteiger charge is -2.31. The summed E-state index contributed by atoms with van der Waals surface area (Å²) in [5.41, 5.74) is 1.60. The molecule has 1 aliphatic heterocycles. The molecule has 0 atom stereocenters. The summed E-state index contributed by atoms with van der Waals surface area (Å²) in [7, 11) is -3.28. The molecule has 0 bridgehead atoms. The number of carbonyl (C=O) groups is 1. The number of amides is 1. The number of rotatable bonds is 7. The van der Waals surface area contributed by atoms with Crippen molar-refractivity contribution in [2.24, 2.45) is 5.92 Å².